The molecule has 4 atom stereocenters. The minimum atomic E-state index is -1.06. The molecule has 3 rings (SSSR count). The van der Waals surface area contributed by atoms with Crippen molar-refractivity contribution in [2.24, 2.45) is 11.5 Å². The van der Waals surface area contributed by atoms with Crippen molar-refractivity contribution in [2.75, 3.05) is 6.54 Å². The molecule has 0 aliphatic carbocycles. The van der Waals surface area contributed by atoms with E-state index in [-0.39, 0.29) is 31.4 Å². The minimum absolute atomic E-state index is 0.0290. The lowest BCUT2D eigenvalue weighted by atomic mass is 10.0. The van der Waals surface area contributed by atoms with Crippen LogP contribution in [0.25, 0.3) is 0 Å². The van der Waals surface area contributed by atoms with E-state index in [1.807, 2.05) is 6.07 Å². The van der Waals surface area contributed by atoms with Gasteiger partial charge < -0.3 is 37.8 Å². The van der Waals surface area contributed by atoms with Gasteiger partial charge in [0.1, 0.15) is 23.9 Å². The van der Waals surface area contributed by atoms with Crippen molar-refractivity contribution < 1.29 is 29.1 Å². The second kappa shape index (κ2) is 14.4. The molecule has 0 unspecified atom stereocenters. The van der Waals surface area contributed by atoms with E-state index < -0.39 is 60.2 Å². The van der Waals surface area contributed by atoms with Crippen molar-refractivity contribution in [3.8, 4) is 5.75 Å². The number of benzene rings is 2. The molecule has 1 aliphatic heterocycles. The topological polar surface area (TPSA) is 206 Å². The molecule has 212 valence electrons. The van der Waals surface area contributed by atoms with E-state index in [0.717, 1.165) is 11.1 Å². The number of nitrogens with one attached hydrogen (secondary N) is 4. The second-order valence-electron chi connectivity index (χ2n) is 9.47. The maximum Gasteiger partial charge on any atom is 0.243 e. The molecule has 2 aromatic carbocycles. The summed E-state index contributed by atoms with van der Waals surface area (Å²) in [5.41, 5.74) is 13.0. The first-order valence-electron chi connectivity index (χ1n) is 12.8. The van der Waals surface area contributed by atoms with Crippen LogP contribution in [-0.2, 0) is 36.8 Å². The number of rotatable bonds is 7. The van der Waals surface area contributed by atoms with Crippen LogP contribution in [0.5, 0.6) is 5.75 Å². The van der Waals surface area contributed by atoms with Crippen molar-refractivity contribution in [3.05, 3.63) is 77.9 Å². The van der Waals surface area contributed by atoms with Crippen molar-refractivity contribution >= 4 is 29.5 Å². The molecule has 40 heavy (non-hydrogen) atoms. The van der Waals surface area contributed by atoms with Crippen LogP contribution in [0.4, 0.5) is 0 Å². The number of primary amides is 1. The molecular formula is C28H34N6O6. The molecule has 5 amide bonds. The van der Waals surface area contributed by atoms with Gasteiger partial charge in [0.05, 0.1) is 12.6 Å². The molecule has 0 bridgehead atoms. The monoisotopic (exact) mass is 550 g/mol. The summed E-state index contributed by atoms with van der Waals surface area (Å²) in [6, 6.07) is 11.1. The highest BCUT2D eigenvalue weighted by Crippen LogP contribution is 2.11. The lowest BCUT2D eigenvalue weighted by Crippen LogP contribution is -2.56. The van der Waals surface area contributed by atoms with Crippen LogP contribution in [0.1, 0.15) is 24.0 Å². The molecule has 0 spiro atoms. The van der Waals surface area contributed by atoms with Crippen LogP contribution < -0.4 is 32.7 Å². The van der Waals surface area contributed by atoms with Gasteiger partial charge in [0.2, 0.25) is 29.5 Å². The summed E-state index contributed by atoms with van der Waals surface area (Å²) in [7, 11) is 0. The van der Waals surface area contributed by atoms with Crippen LogP contribution in [0, 0.1) is 0 Å². The highest BCUT2D eigenvalue weighted by Gasteiger charge is 2.28. The van der Waals surface area contributed by atoms with Gasteiger partial charge >= 0.3 is 0 Å². The van der Waals surface area contributed by atoms with Gasteiger partial charge in [-0.3, -0.25) is 24.0 Å². The molecular weight excluding hydrogens is 516 g/mol. The van der Waals surface area contributed by atoms with Crippen molar-refractivity contribution in [3.63, 3.8) is 0 Å². The first-order chi connectivity index (χ1) is 19.1. The van der Waals surface area contributed by atoms with E-state index in [4.69, 9.17) is 11.5 Å². The number of amides is 5. The summed E-state index contributed by atoms with van der Waals surface area (Å²) < 4.78 is 0. The van der Waals surface area contributed by atoms with Gasteiger partial charge in [0.25, 0.3) is 0 Å². The quantitative estimate of drug-likeness (QED) is 0.212. The number of nitrogens with two attached hydrogens (primary N) is 2. The molecule has 12 nitrogen and oxygen atoms in total. The highest BCUT2D eigenvalue weighted by atomic mass is 16.3. The average Bonchev–Trinajstić information content (AvgIpc) is 2.93. The summed E-state index contributed by atoms with van der Waals surface area (Å²) in [5.74, 6) is -3.13. The molecule has 2 aromatic rings. The number of carbonyl (C=O) groups is 5. The fraction of sp³-hybridized carbons (Fsp3) is 0.321. The molecule has 0 saturated heterocycles. The normalized spacial score (nSPS) is 22.0. The zero-order chi connectivity index (χ0) is 29.1. The lowest BCUT2D eigenvalue weighted by molar-refractivity contribution is -0.132. The van der Waals surface area contributed by atoms with Crippen molar-refractivity contribution in [1.29, 1.82) is 0 Å². The van der Waals surface area contributed by atoms with Gasteiger partial charge in [-0.15, -0.1) is 0 Å². The van der Waals surface area contributed by atoms with Crippen LogP contribution in [0.3, 0.4) is 0 Å². The molecule has 0 fully saturated rings. The number of phenolic OH excluding ortho intramolecular Hbond substituents is 1. The maximum atomic E-state index is 13.0. The van der Waals surface area contributed by atoms with Crippen LogP contribution in [0.15, 0.2) is 66.7 Å². The molecule has 1 aliphatic rings. The van der Waals surface area contributed by atoms with Crippen LogP contribution in [-0.4, -0.2) is 65.4 Å². The van der Waals surface area contributed by atoms with Gasteiger partial charge in [-0.2, -0.15) is 0 Å². The summed E-state index contributed by atoms with van der Waals surface area (Å²) in [4.78, 5) is 63.4. The van der Waals surface area contributed by atoms with Gasteiger partial charge in [0.15, 0.2) is 0 Å². The number of hydrogen-bond acceptors (Lipinski definition) is 7. The van der Waals surface area contributed by atoms with Gasteiger partial charge in [0, 0.05) is 6.42 Å². The molecule has 1 heterocycles. The molecule has 9 N–H and O–H groups in total. The Morgan fingerprint density at radius 1 is 0.925 bits per heavy atom. The second-order valence-corrected chi connectivity index (χ2v) is 9.47. The number of hydrogen-bond donors (Lipinski definition) is 7. The van der Waals surface area contributed by atoms with Crippen LogP contribution in [0.2, 0.25) is 0 Å². The summed E-state index contributed by atoms with van der Waals surface area (Å²) in [6.07, 6.45) is 3.53. The smallest absolute Gasteiger partial charge is 0.243 e. The Balaban J connectivity index is 1.73. The molecule has 12 heteroatoms. The van der Waals surface area contributed by atoms with Crippen LogP contribution >= 0.6 is 0 Å². The summed E-state index contributed by atoms with van der Waals surface area (Å²) in [5, 5.41) is 19.7. The fourth-order valence-corrected chi connectivity index (χ4v) is 4.07. The predicted octanol–water partition coefficient (Wildman–Crippen LogP) is -1.09. The van der Waals surface area contributed by atoms with Gasteiger partial charge in [-0.1, -0.05) is 54.6 Å². The third kappa shape index (κ3) is 9.24. The largest absolute Gasteiger partial charge is 0.508 e. The first-order valence-corrected chi connectivity index (χ1v) is 12.8. The van der Waals surface area contributed by atoms with E-state index in [0.29, 0.717) is 0 Å². The number of phenols is 1. The zero-order valence-corrected chi connectivity index (χ0v) is 21.8. The molecule has 0 radical (unpaired) electrons. The Kier molecular flexibility index (Phi) is 10.8. The third-order valence-electron chi connectivity index (χ3n) is 6.29. The fourth-order valence-electron chi connectivity index (χ4n) is 4.07. The number of carbonyl (C=O) groups excluding carboxylic acids is 5. The highest BCUT2D eigenvalue weighted by molar-refractivity contribution is 5.94. The van der Waals surface area contributed by atoms with E-state index >= 15 is 0 Å². The average molecular weight is 551 g/mol. The summed E-state index contributed by atoms with van der Waals surface area (Å²) in [6.45, 7) is -0.452. The Hall–Kier alpha value is -4.71. The standard InChI is InChI=1S/C28H34N6O6/c29-20(14-18-10-12-19(35)13-11-18)26(38)34-22-9-5-4-8-21(25(30)37)33-28(40)23(15-17-6-2-1-3-7-17)32-24(36)16-31-27(22)39/h1-7,10-13,20-23,35H,8-9,14-16,29H2,(H2,30,37)(H,31,39)(H,32,36)(H,33,40)(H,34,38)/b5-4+/t20-,21-,22+,23-/m0/s1. The predicted molar refractivity (Wildman–Crippen MR) is 146 cm³/mol. The molecule has 0 aromatic heterocycles. The van der Waals surface area contributed by atoms with E-state index in [1.165, 1.54) is 12.1 Å². The SMILES string of the molecule is NC(=O)[C@@H]1C/C=C/C[C@@H](NC(=O)[C@@H](N)Cc2ccc(O)cc2)C(=O)NCC(=O)N[C@@H](Cc2ccccc2)C(=O)N1. The minimum Gasteiger partial charge on any atom is -0.508 e. The Morgan fingerprint density at radius 3 is 2.27 bits per heavy atom. The van der Waals surface area contributed by atoms with Gasteiger partial charge in [-0.05, 0) is 42.5 Å². The maximum absolute atomic E-state index is 13.0. The molecule has 0 saturated carbocycles. The van der Waals surface area contributed by atoms with E-state index in [9.17, 15) is 29.1 Å². The lowest BCUT2D eigenvalue weighted by Gasteiger charge is -2.23. The Labute approximate surface area is 231 Å². The van der Waals surface area contributed by atoms with E-state index in [2.05, 4.69) is 21.3 Å². The van der Waals surface area contributed by atoms with E-state index in [1.54, 1.807) is 48.6 Å². The third-order valence-corrected chi connectivity index (χ3v) is 6.29. The zero-order valence-electron chi connectivity index (χ0n) is 21.8. The Bertz CT molecular complexity index is 1230. The van der Waals surface area contributed by atoms with Gasteiger partial charge in [-0.25, -0.2) is 0 Å². The first kappa shape index (κ1) is 29.8. The van der Waals surface area contributed by atoms with Crippen molar-refractivity contribution in [1.82, 2.24) is 21.3 Å². The number of aromatic hydroxyl groups is 1. The Morgan fingerprint density at radius 2 is 1.60 bits per heavy atom. The summed E-state index contributed by atoms with van der Waals surface area (Å²) >= 11 is 0. The van der Waals surface area contributed by atoms with Crippen molar-refractivity contribution in [2.45, 2.75) is 49.9 Å².